The summed E-state index contributed by atoms with van der Waals surface area (Å²) in [4.78, 5) is 36.5. The number of azo groups is 1. The van der Waals surface area contributed by atoms with Gasteiger partial charge in [-0.1, -0.05) is 90.5 Å². The Morgan fingerprint density at radius 3 is 2.22 bits per heavy atom. The van der Waals surface area contributed by atoms with Gasteiger partial charge in [-0.15, -0.1) is 15.3 Å². The predicted molar refractivity (Wildman–Crippen MR) is 195 cm³/mol. The van der Waals surface area contributed by atoms with Crippen molar-refractivity contribution in [3.05, 3.63) is 161 Å². The lowest BCUT2D eigenvalue weighted by Crippen LogP contribution is -2.30. The summed E-state index contributed by atoms with van der Waals surface area (Å²) in [6, 6.07) is 40.7. The average molecular weight is 662 g/mol. The largest absolute Gasteiger partial charge is 0.354 e. The average Bonchev–Trinajstić information content (AvgIpc) is 3.65. The molecule has 2 N–H and O–H groups in total. The minimum Gasteiger partial charge on any atom is -0.354 e. The first-order valence-electron chi connectivity index (χ1n) is 15.4. The maximum absolute atomic E-state index is 13.7. The van der Waals surface area contributed by atoms with Crippen molar-refractivity contribution in [2.45, 2.75) is 6.92 Å². The molecule has 9 nitrogen and oxygen atoms in total. The molecular formula is C39H28ClN7O2. The fourth-order valence-electron chi connectivity index (χ4n) is 5.49. The molecule has 2 amide bonds. The van der Waals surface area contributed by atoms with Crippen LogP contribution in [0.2, 0.25) is 5.02 Å². The Morgan fingerprint density at radius 2 is 1.49 bits per heavy atom. The van der Waals surface area contributed by atoms with Crippen molar-refractivity contribution in [2.75, 3.05) is 4.90 Å². The molecule has 0 atom stereocenters. The number of rotatable bonds is 7. The van der Waals surface area contributed by atoms with E-state index in [-0.39, 0.29) is 11.7 Å². The van der Waals surface area contributed by atoms with Crippen LogP contribution in [0.15, 0.2) is 159 Å². The summed E-state index contributed by atoms with van der Waals surface area (Å²) in [5.74, 6) is 0.0352. The summed E-state index contributed by atoms with van der Waals surface area (Å²) in [6.07, 6.45) is 1.83. The Labute approximate surface area is 287 Å². The number of hydrazone groups is 1. The van der Waals surface area contributed by atoms with Gasteiger partial charge in [0.05, 0.1) is 17.1 Å². The van der Waals surface area contributed by atoms with Gasteiger partial charge in [-0.3, -0.25) is 14.5 Å². The number of amides is 2. The summed E-state index contributed by atoms with van der Waals surface area (Å²) >= 11 is 5.98. The quantitative estimate of drug-likeness (QED) is 0.0584. The van der Waals surface area contributed by atoms with Gasteiger partial charge < -0.3 is 4.98 Å². The minimum absolute atomic E-state index is 0.222. The number of benzene rings is 5. The highest BCUT2D eigenvalue weighted by Crippen LogP contribution is 2.34. The van der Waals surface area contributed by atoms with E-state index in [0.29, 0.717) is 39.1 Å². The number of hydrogen-bond acceptors (Lipinski definition) is 5. The highest BCUT2D eigenvalue weighted by atomic mass is 35.5. The van der Waals surface area contributed by atoms with Gasteiger partial charge in [0.15, 0.2) is 0 Å². The fraction of sp³-hybridized carbons (Fsp3) is 0.0256. The van der Waals surface area contributed by atoms with E-state index in [1.54, 1.807) is 55.5 Å². The molecule has 0 unspecified atom stereocenters. The zero-order valence-electron chi connectivity index (χ0n) is 26.2. The van der Waals surface area contributed by atoms with Crippen molar-refractivity contribution < 1.29 is 9.59 Å². The van der Waals surface area contributed by atoms with Crippen molar-refractivity contribution >= 4 is 63.4 Å². The van der Waals surface area contributed by atoms with Crippen LogP contribution in [-0.2, 0) is 4.79 Å². The van der Waals surface area contributed by atoms with Gasteiger partial charge in [0.25, 0.3) is 11.8 Å². The standard InChI is InChI=1S/C39H28ClN7O2/c1-25-41-35(24-33-32-14-8-9-15-34(32)42-36(33)26-10-4-2-5-11-26)39(49)47(25)31-22-16-28(17-23-31)38(48)46-45-37(27-12-6-3-7-13-27)44-43-30-20-18-29(40)19-21-30/h2-24,42H,1H3,(H,46,48)/b35-24-,44-43?,45-37-. The molecule has 0 spiro atoms. The lowest BCUT2D eigenvalue weighted by atomic mass is 10.0. The monoisotopic (exact) mass is 661 g/mol. The number of carbonyl (C=O) groups excluding carboxylic acids is 2. The van der Waals surface area contributed by atoms with Crippen LogP contribution in [-0.4, -0.2) is 28.5 Å². The molecule has 0 saturated carbocycles. The van der Waals surface area contributed by atoms with Gasteiger partial charge in [-0.05, 0) is 73.2 Å². The molecule has 0 radical (unpaired) electrons. The number of hydrogen-bond donors (Lipinski definition) is 2. The van der Waals surface area contributed by atoms with Crippen LogP contribution in [0.4, 0.5) is 11.4 Å². The molecule has 0 saturated heterocycles. The van der Waals surface area contributed by atoms with Crippen LogP contribution < -0.4 is 10.3 Å². The van der Waals surface area contributed by atoms with E-state index >= 15 is 0 Å². The van der Waals surface area contributed by atoms with Crippen LogP contribution in [0.25, 0.3) is 28.2 Å². The molecule has 5 aromatic carbocycles. The number of aromatic amines is 1. The molecule has 0 aliphatic carbocycles. The van der Waals surface area contributed by atoms with Crippen LogP contribution in [0.3, 0.4) is 0 Å². The van der Waals surface area contributed by atoms with Gasteiger partial charge in [-0.2, -0.15) is 0 Å². The summed E-state index contributed by atoms with van der Waals surface area (Å²) in [5.41, 5.74) is 8.84. The number of amidine groups is 2. The maximum Gasteiger partial charge on any atom is 0.282 e. The number of aromatic nitrogens is 1. The maximum atomic E-state index is 13.7. The van der Waals surface area contributed by atoms with Crippen molar-refractivity contribution in [3.8, 4) is 11.3 Å². The fourth-order valence-corrected chi connectivity index (χ4v) is 5.62. The third-order valence-corrected chi connectivity index (χ3v) is 8.14. The van der Waals surface area contributed by atoms with Crippen molar-refractivity contribution in [1.29, 1.82) is 0 Å². The number of anilines is 1. The van der Waals surface area contributed by atoms with E-state index < -0.39 is 5.91 Å². The first kappa shape index (κ1) is 31.2. The lowest BCUT2D eigenvalue weighted by Gasteiger charge is -2.16. The molecule has 238 valence electrons. The molecule has 0 bridgehead atoms. The third kappa shape index (κ3) is 6.69. The smallest absolute Gasteiger partial charge is 0.282 e. The second kappa shape index (κ2) is 13.7. The number of nitrogens with zero attached hydrogens (tertiary/aromatic N) is 5. The number of H-pyrrole nitrogens is 1. The summed E-state index contributed by atoms with van der Waals surface area (Å²) in [5, 5.41) is 14.3. The highest BCUT2D eigenvalue weighted by Gasteiger charge is 2.30. The third-order valence-electron chi connectivity index (χ3n) is 7.89. The first-order valence-corrected chi connectivity index (χ1v) is 15.8. The predicted octanol–water partition coefficient (Wildman–Crippen LogP) is 9.17. The molecule has 10 heteroatoms. The first-order chi connectivity index (χ1) is 23.9. The second-order valence-electron chi connectivity index (χ2n) is 11.1. The van der Waals surface area contributed by atoms with Crippen LogP contribution in [0.5, 0.6) is 0 Å². The molecule has 2 heterocycles. The normalized spacial score (nSPS) is 14.2. The number of nitrogens with one attached hydrogen (secondary N) is 2. The van der Waals surface area contributed by atoms with Gasteiger partial charge in [0.1, 0.15) is 11.5 Å². The Morgan fingerprint density at radius 1 is 0.816 bits per heavy atom. The number of carbonyl (C=O) groups is 2. The molecule has 0 fully saturated rings. The summed E-state index contributed by atoms with van der Waals surface area (Å²) in [7, 11) is 0. The van der Waals surface area contributed by atoms with E-state index in [9.17, 15) is 9.59 Å². The Bertz CT molecular complexity index is 2290. The molecular weight excluding hydrogens is 634 g/mol. The van der Waals surface area contributed by atoms with Gasteiger partial charge in [-0.25, -0.2) is 10.4 Å². The Kier molecular flexibility index (Phi) is 8.73. The Balaban J connectivity index is 1.11. The van der Waals surface area contributed by atoms with Crippen molar-refractivity contribution in [3.63, 3.8) is 0 Å². The van der Waals surface area contributed by atoms with Gasteiger partial charge in [0.2, 0.25) is 5.84 Å². The van der Waals surface area contributed by atoms with Crippen molar-refractivity contribution in [1.82, 2.24) is 10.4 Å². The number of aliphatic imine (C=N–C) groups is 1. The molecule has 7 rings (SSSR count). The minimum atomic E-state index is -0.451. The molecule has 1 aliphatic rings. The number of fused-ring (bicyclic) bond motifs is 1. The zero-order chi connectivity index (χ0) is 33.7. The highest BCUT2D eigenvalue weighted by molar-refractivity contribution is 6.30. The molecule has 1 aromatic heterocycles. The van der Waals surface area contributed by atoms with Gasteiger partial charge >= 0.3 is 0 Å². The van der Waals surface area contributed by atoms with Crippen molar-refractivity contribution in [2.24, 2.45) is 20.3 Å². The Hall–Kier alpha value is -6.45. The molecule has 49 heavy (non-hydrogen) atoms. The van der Waals surface area contributed by atoms with E-state index in [4.69, 9.17) is 11.6 Å². The van der Waals surface area contributed by atoms with Crippen LogP contribution in [0, 0.1) is 0 Å². The van der Waals surface area contributed by atoms with Crippen LogP contribution >= 0.6 is 11.6 Å². The number of halogens is 1. The van der Waals surface area contributed by atoms with Crippen LogP contribution in [0.1, 0.15) is 28.4 Å². The van der Waals surface area contributed by atoms with E-state index in [2.05, 4.69) is 30.7 Å². The SMILES string of the molecule is CC1=N/C(=C\c2c(-c3ccccc3)[nH]c3ccccc23)C(=O)N1c1ccc(C(=O)N/N=C(\N=Nc2ccc(Cl)cc2)c2ccccc2)cc1. The van der Waals surface area contributed by atoms with Gasteiger partial charge in [0, 0.05) is 32.6 Å². The second-order valence-corrected chi connectivity index (χ2v) is 11.6. The molecule has 1 aliphatic heterocycles. The van der Waals surface area contributed by atoms with E-state index in [1.807, 2.05) is 91.0 Å². The zero-order valence-corrected chi connectivity index (χ0v) is 27.0. The lowest BCUT2D eigenvalue weighted by molar-refractivity contribution is -0.113. The van der Waals surface area contributed by atoms with E-state index in [1.165, 1.54) is 4.90 Å². The molecule has 6 aromatic rings. The topological polar surface area (TPSA) is 115 Å². The summed E-state index contributed by atoms with van der Waals surface area (Å²) in [6.45, 7) is 1.78. The summed E-state index contributed by atoms with van der Waals surface area (Å²) < 4.78 is 0. The van der Waals surface area contributed by atoms with E-state index in [0.717, 1.165) is 27.7 Å². The number of para-hydroxylation sites is 1.